The molecule has 5 nitrogen and oxygen atoms in total. The predicted molar refractivity (Wildman–Crippen MR) is 83.3 cm³/mol. The van der Waals surface area contributed by atoms with Crippen LogP contribution in [0.4, 0.5) is 0 Å². The first-order chi connectivity index (χ1) is 9.56. The van der Waals surface area contributed by atoms with Gasteiger partial charge in [0.05, 0.1) is 11.0 Å². The Bertz CT molecular complexity index is 540. The normalized spacial score (nSPS) is 11.9. The van der Waals surface area contributed by atoms with Gasteiger partial charge in [-0.3, -0.25) is 9.59 Å². The average Bonchev–Trinajstić information content (AvgIpc) is 2.35. The molecule has 2 N–H and O–H groups in total. The number of hydrogen-bond donors (Lipinski definition) is 2. The van der Waals surface area contributed by atoms with E-state index < -0.39 is 16.9 Å². The summed E-state index contributed by atoms with van der Waals surface area (Å²) >= 11 is 3.31. The predicted octanol–water partition coefficient (Wildman–Crippen LogP) is 2.83. The van der Waals surface area contributed by atoms with E-state index >= 15 is 0 Å². The zero-order valence-electron chi connectivity index (χ0n) is 12.6. The summed E-state index contributed by atoms with van der Waals surface area (Å²) in [6.07, 6.45) is 0. The number of hydrogen-bond acceptors (Lipinski definition) is 3. The van der Waals surface area contributed by atoms with Crippen molar-refractivity contribution in [3.63, 3.8) is 0 Å². The van der Waals surface area contributed by atoms with Crippen LogP contribution in [0.3, 0.4) is 0 Å². The highest BCUT2D eigenvalue weighted by Gasteiger charge is 2.44. The maximum absolute atomic E-state index is 11.9. The Morgan fingerprint density at radius 3 is 2.43 bits per heavy atom. The summed E-state index contributed by atoms with van der Waals surface area (Å²) in [5, 5.41) is 11.9. The van der Waals surface area contributed by atoms with Gasteiger partial charge in [-0.15, -0.1) is 0 Å². The monoisotopic (exact) mass is 357 g/mol. The molecule has 0 radical (unpaired) electrons. The second-order valence-corrected chi connectivity index (χ2v) is 6.77. The van der Waals surface area contributed by atoms with Gasteiger partial charge in [0, 0.05) is 4.47 Å². The van der Waals surface area contributed by atoms with Crippen molar-refractivity contribution in [2.45, 2.75) is 33.2 Å². The van der Waals surface area contributed by atoms with Crippen LogP contribution >= 0.6 is 15.9 Å². The van der Waals surface area contributed by atoms with E-state index in [1.165, 1.54) is 0 Å². The van der Waals surface area contributed by atoms with E-state index in [2.05, 4.69) is 21.2 Å². The van der Waals surface area contributed by atoms with Gasteiger partial charge in [-0.2, -0.15) is 0 Å². The van der Waals surface area contributed by atoms with Crippen molar-refractivity contribution < 1.29 is 19.4 Å². The van der Waals surface area contributed by atoms with Crippen LogP contribution in [0, 0.1) is 5.41 Å². The van der Waals surface area contributed by atoms with Crippen LogP contribution in [0.1, 0.15) is 27.7 Å². The van der Waals surface area contributed by atoms with Gasteiger partial charge in [0.2, 0.25) is 0 Å². The van der Waals surface area contributed by atoms with Gasteiger partial charge in [0.25, 0.3) is 5.91 Å². The van der Waals surface area contributed by atoms with Crippen molar-refractivity contribution in [3.8, 4) is 5.75 Å². The molecule has 0 saturated heterocycles. The molecule has 1 aromatic carbocycles. The quantitative estimate of drug-likeness (QED) is 0.820. The first-order valence-electron chi connectivity index (χ1n) is 6.49. The number of nitrogens with one attached hydrogen (secondary N) is 1. The molecular weight excluding hydrogens is 338 g/mol. The number of rotatable bonds is 6. The van der Waals surface area contributed by atoms with Gasteiger partial charge in [0.1, 0.15) is 5.75 Å². The van der Waals surface area contributed by atoms with Crippen LogP contribution < -0.4 is 10.1 Å². The fourth-order valence-corrected chi connectivity index (χ4v) is 1.89. The maximum atomic E-state index is 11.9. The lowest BCUT2D eigenvalue weighted by atomic mass is 9.74. The summed E-state index contributed by atoms with van der Waals surface area (Å²) in [4.78, 5) is 23.2. The molecule has 0 aliphatic carbocycles. The molecule has 6 heteroatoms. The van der Waals surface area contributed by atoms with Gasteiger partial charge < -0.3 is 15.2 Å². The number of benzene rings is 1. The van der Waals surface area contributed by atoms with Gasteiger partial charge in [0.15, 0.2) is 6.61 Å². The number of halogens is 1. The molecule has 0 saturated carbocycles. The fourth-order valence-electron chi connectivity index (χ4n) is 1.51. The second kappa shape index (κ2) is 6.47. The van der Waals surface area contributed by atoms with Crippen LogP contribution in [0.15, 0.2) is 28.7 Å². The Hall–Kier alpha value is -1.56. The number of ether oxygens (including phenoxy) is 1. The summed E-state index contributed by atoms with van der Waals surface area (Å²) in [6, 6.07) is 7.14. The van der Waals surface area contributed by atoms with Gasteiger partial charge in [-0.05, 0) is 45.9 Å². The zero-order valence-corrected chi connectivity index (χ0v) is 14.2. The third-order valence-electron chi connectivity index (χ3n) is 3.72. The van der Waals surface area contributed by atoms with E-state index in [1.807, 2.05) is 6.07 Å². The van der Waals surface area contributed by atoms with E-state index in [-0.39, 0.29) is 12.5 Å². The highest BCUT2D eigenvalue weighted by atomic mass is 79.9. The number of aliphatic carboxylic acids is 1. The van der Waals surface area contributed by atoms with E-state index in [9.17, 15) is 14.7 Å². The zero-order chi connectivity index (χ0) is 16.3. The number of carboxylic acid groups (broad SMARTS) is 1. The minimum atomic E-state index is -1.10. The molecule has 116 valence electrons. The third kappa shape index (κ3) is 4.46. The molecule has 1 rings (SSSR count). The Balaban J connectivity index is 2.63. The Kier molecular flexibility index (Phi) is 5.39. The molecule has 0 bridgehead atoms. The van der Waals surface area contributed by atoms with Crippen LogP contribution in [-0.4, -0.2) is 29.1 Å². The summed E-state index contributed by atoms with van der Waals surface area (Å²) in [5.41, 5.74) is -2.00. The topological polar surface area (TPSA) is 75.6 Å². The molecule has 0 atom stereocenters. The van der Waals surface area contributed by atoms with Gasteiger partial charge in [-0.1, -0.05) is 22.0 Å². The Morgan fingerprint density at radius 2 is 1.90 bits per heavy atom. The summed E-state index contributed by atoms with van der Waals surface area (Å²) < 4.78 is 6.23. The molecule has 0 spiro atoms. The lowest BCUT2D eigenvalue weighted by Gasteiger charge is -2.38. The Morgan fingerprint density at radius 1 is 1.29 bits per heavy atom. The molecule has 0 aromatic heterocycles. The van der Waals surface area contributed by atoms with E-state index in [0.717, 1.165) is 4.47 Å². The molecule has 0 aliphatic rings. The second-order valence-electron chi connectivity index (χ2n) is 5.85. The lowest BCUT2D eigenvalue weighted by Crippen LogP contribution is -2.57. The molecule has 0 heterocycles. The highest BCUT2D eigenvalue weighted by molar-refractivity contribution is 9.10. The van der Waals surface area contributed by atoms with Gasteiger partial charge >= 0.3 is 5.97 Å². The number of carbonyl (C=O) groups is 2. The van der Waals surface area contributed by atoms with Crippen molar-refractivity contribution in [1.82, 2.24) is 5.32 Å². The molecule has 0 unspecified atom stereocenters. The molecule has 1 aromatic rings. The molecule has 0 aliphatic heterocycles. The summed E-state index contributed by atoms with van der Waals surface area (Å²) in [6.45, 7) is 6.33. The SMILES string of the molecule is CC(C)(NC(=O)COc1cccc(Br)c1)C(C)(C)C(=O)O. The standard InChI is InChI=1S/C15H20BrNO4/c1-14(2,13(19)20)15(3,4)17-12(18)9-21-11-7-5-6-10(16)8-11/h5-8H,9H2,1-4H3,(H,17,18)(H,19,20). The molecule has 21 heavy (non-hydrogen) atoms. The van der Waals surface area contributed by atoms with Crippen LogP contribution in [0.25, 0.3) is 0 Å². The average molecular weight is 358 g/mol. The Labute approximate surface area is 132 Å². The number of carboxylic acids is 1. The molecule has 0 fully saturated rings. The van der Waals surface area contributed by atoms with Crippen LogP contribution in [0.5, 0.6) is 5.75 Å². The number of amides is 1. The van der Waals surface area contributed by atoms with Crippen molar-refractivity contribution >= 4 is 27.8 Å². The minimum absolute atomic E-state index is 0.171. The summed E-state index contributed by atoms with van der Waals surface area (Å²) in [5.74, 6) is -0.773. The first kappa shape index (κ1) is 17.5. The van der Waals surface area contributed by atoms with Crippen LogP contribution in [0.2, 0.25) is 0 Å². The van der Waals surface area contributed by atoms with E-state index in [1.54, 1.807) is 45.9 Å². The fraction of sp³-hybridized carbons (Fsp3) is 0.467. The molecule has 1 amide bonds. The highest BCUT2D eigenvalue weighted by Crippen LogP contribution is 2.30. The smallest absolute Gasteiger partial charge is 0.311 e. The first-order valence-corrected chi connectivity index (χ1v) is 7.28. The lowest BCUT2D eigenvalue weighted by molar-refractivity contribution is -0.152. The third-order valence-corrected chi connectivity index (χ3v) is 4.21. The van der Waals surface area contributed by atoms with Gasteiger partial charge in [-0.25, -0.2) is 0 Å². The molecular formula is C15H20BrNO4. The largest absolute Gasteiger partial charge is 0.484 e. The number of carbonyl (C=O) groups excluding carboxylic acids is 1. The van der Waals surface area contributed by atoms with Crippen molar-refractivity contribution in [1.29, 1.82) is 0 Å². The van der Waals surface area contributed by atoms with Crippen LogP contribution in [-0.2, 0) is 9.59 Å². The maximum Gasteiger partial charge on any atom is 0.311 e. The van der Waals surface area contributed by atoms with Crippen molar-refractivity contribution in [2.75, 3.05) is 6.61 Å². The van der Waals surface area contributed by atoms with E-state index in [4.69, 9.17) is 4.74 Å². The summed E-state index contributed by atoms with van der Waals surface area (Å²) in [7, 11) is 0. The van der Waals surface area contributed by atoms with Crippen molar-refractivity contribution in [2.24, 2.45) is 5.41 Å². The minimum Gasteiger partial charge on any atom is -0.484 e. The van der Waals surface area contributed by atoms with Crippen molar-refractivity contribution in [3.05, 3.63) is 28.7 Å². The van der Waals surface area contributed by atoms with E-state index in [0.29, 0.717) is 5.75 Å².